The normalized spacial score (nSPS) is 10.6. The fourth-order valence-electron chi connectivity index (χ4n) is 3.07. The fraction of sp³-hybridized carbons (Fsp3) is 0.115. The lowest BCUT2D eigenvalue weighted by atomic mass is 10.2. The van der Waals surface area contributed by atoms with E-state index in [1.807, 2.05) is 6.92 Å². The number of benzene rings is 3. The van der Waals surface area contributed by atoms with Crippen LogP contribution >= 0.6 is 0 Å². The Morgan fingerprint density at radius 3 is 2.41 bits per heavy atom. The molecule has 0 spiro atoms. The number of carbonyl (C=O) groups is 2. The van der Waals surface area contributed by atoms with E-state index in [4.69, 9.17) is 18.6 Å². The largest absolute Gasteiger partial charge is 0.462 e. The maximum Gasteiger partial charge on any atom is 0.343 e. The quantitative estimate of drug-likeness (QED) is 0.264. The van der Waals surface area contributed by atoms with Gasteiger partial charge < -0.3 is 18.6 Å². The molecule has 7 nitrogen and oxygen atoms in total. The highest BCUT2D eigenvalue weighted by atomic mass is 19.1. The molecule has 0 N–H and O–H groups in total. The van der Waals surface area contributed by atoms with Crippen LogP contribution in [0.4, 0.5) is 4.39 Å². The Morgan fingerprint density at radius 1 is 0.912 bits per heavy atom. The minimum Gasteiger partial charge on any atom is -0.462 e. The van der Waals surface area contributed by atoms with Crippen molar-refractivity contribution >= 4 is 22.9 Å². The Balaban J connectivity index is 1.50. The summed E-state index contributed by atoms with van der Waals surface area (Å²) < 4.78 is 34.8. The summed E-state index contributed by atoms with van der Waals surface area (Å²) in [4.78, 5) is 36.9. The molecule has 1 aromatic heterocycles. The average molecular weight is 462 g/mol. The second-order valence-electron chi connectivity index (χ2n) is 7.25. The van der Waals surface area contributed by atoms with Gasteiger partial charge >= 0.3 is 11.9 Å². The number of fused-ring (bicyclic) bond motifs is 1. The maximum absolute atomic E-state index is 13.3. The molecule has 0 saturated heterocycles. The zero-order valence-electron chi connectivity index (χ0n) is 18.1. The SMILES string of the molecule is CCCOC(=O)c1ccc(Oc2coc3cc(OC(=O)c4cccc(F)c4)ccc3c2=O)cc1. The first kappa shape index (κ1) is 22.7. The molecule has 0 bridgehead atoms. The standard InChI is InChI=1S/C26H19FO7/c1-2-12-31-25(29)16-6-8-19(9-7-16)33-23-15-32-22-14-20(10-11-21(22)24(23)28)34-26(30)17-4-3-5-18(27)13-17/h3-11,13-15H,2,12H2,1H3. The van der Waals surface area contributed by atoms with Crippen LogP contribution in [0.25, 0.3) is 11.0 Å². The van der Waals surface area contributed by atoms with Crippen LogP contribution in [0.5, 0.6) is 17.2 Å². The van der Waals surface area contributed by atoms with Crippen molar-refractivity contribution in [1.82, 2.24) is 0 Å². The molecule has 8 heteroatoms. The molecule has 34 heavy (non-hydrogen) atoms. The minimum atomic E-state index is -0.747. The third-order valence-electron chi connectivity index (χ3n) is 4.74. The number of halogens is 1. The van der Waals surface area contributed by atoms with E-state index in [9.17, 15) is 18.8 Å². The Labute approximate surface area is 193 Å². The Bertz CT molecular complexity index is 1410. The molecule has 1 heterocycles. The van der Waals surface area contributed by atoms with Gasteiger partial charge in [-0.15, -0.1) is 0 Å². The van der Waals surface area contributed by atoms with Gasteiger partial charge in [0, 0.05) is 6.07 Å². The highest BCUT2D eigenvalue weighted by molar-refractivity contribution is 5.91. The van der Waals surface area contributed by atoms with Gasteiger partial charge in [0.25, 0.3) is 0 Å². The molecule has 0 unspecified atom stereocenters. The molecule has 4 rings (SSSR count). The molecule has 0 aliphatic rings. The van der Waals surface area contributed by atoms with Gasteiger partial charge in [-0.3, -0.25) is 4.79 Å². The molecule has 0 aliphatic carbocycles. The average Bonchev–Trinajstić information content (AvgIpc) is 2.84. The van der Waals surface area contributed by atoms with Gasteiger partial charge in [0.2, 0.25) is 11.2 Å². The topological polar surface area (TPSA) is 92.0 Å². The summed E-state index contributed by atoms with van der Waals surface area (Å²) in [7, 11) is 0. The molecule has 4 aromatic rings. The zero-order valence-corrected chi connectivity index (χ0v) is 18.1. The third kappa shape index (κ3) is 5.12. The molecule has 0 aliphatic heterocycles. The van der Waals surface area contributed by atoms with Crippen LogP contribution in [-0.2, 0) is 4.74 Å². The first-order valence-corrected chi connectivity index (χ1v) is 10.4. The summed E-state index contributed by atoms with van der Waals surface area (Å²) >= 11 is 0. The number of carbonyl (C=O) groups excluding carboxylic acids is 2. The molecule has 3 aromatic carbocycles. The maximum atomic E-state index is 13.3. The van der Waals surface area contributed by atoms with E-state index in [0.717, 1.165) is 18.8 Å². The molecule has 0 fully saturated rings. The fourth-order valence-corrected chi connectivity index (χ4v) is 3.07. The third-order valence-corrected chi connectivity index (χ3v) is 4.74. The second-order valence-corrected chi connectivity index (χ2v) is 7.25. The van der Waals surface area contributed by atoms with E-state index >= 15 is 0 Å². The van der Waals surface area contributed by atoms with E-state index < -0.39 is 23.2 Å². The van der Waals surface area contributed by atoms with Crippen LogP contribution in [0.2, 0.25) is 0 Å². The summed E-state index contributed by atoms with van der Waals surface area (Å²) in [5.41, 5.74) is 0.160. The Kier molecular flexibility index (Phi) is 6.68. The number of rotatable bonds is 7. The van der Waals surface area contributed by atoms with Crippen molar-refractivity contribution in [2.45, 2.75) is 13.3 Å². The molecular weight excluding hydrogens is 443 g/mol. The van der Waals surface area contributed by atoms with Gasteiger partial charge in [0.05, 0.1) is 23.1 Å². The highest BCUT2D eigenvalue weighted by Crippen LogP contribution is 2.25. The molecular formula is C26H19FO7. The predicted molar refractivity (Wildman–Crippen MR) is 121 cm³/mol. The van der Waals surface area contributed by atoms with Crippen LogP contribution in [0.3, 0.4) is 0 Å². The number of hydrogen-bond acceptors (Lipinski definition) is 7. The first-order chi connectivity index (χ1) is 16.4. The zero-order chi connectivity index (χ0) is 24.1. The molecule has 0 saturated carbocycles. The molecule has 0 radical (unpaired) electrons. The van der Waals surface area contributed by atoms with Crippen LogP contribution in [0.1, 0.15) is 34.1 Å². The second kappa shape index (κ2) is 9.99. The number of esters is 2. The number of ether oxygens (including phenoxy) is 3. The Hall–Kier alpha value is -4.46. The van der Waals surface area contributed by atoms with Crippen LogP contribution in [-0.4, -0.2) is 18.5 Å². The van der Waals surface area contributed by atoms with Gasteiger partial charge in [-0.2, -0.15) is 0 Å². The van der Waals surface area contributed by atoms with Gasteiger partial charge in [-0.05, 0) is 61.0 Å². The summed E-state index contributed by atoms with van der Waals surface area (Å²) in [6.07, 6.45) is 1.87. The minimum absolute atomic E-state index is 0.0509. The first-order valence-electron chi connectivity index (χ1n) is 10.4. The molecule has 0 atom stereocenters. The lowest BCUT2D eigenvalue weighted by Crippen LogP contribution is -2.09. The lowest BCUT2D eigenvalue weighted by Gasteiger charge is -2.08. The summed E-state index contributed by atoms with van der Waals surface area (Å²) in [5, 5.41) is 0.211. The monoisotopic (exact) mass is 462 g/mol. The number of hydrogen-bond donors (Lipinski definition) is 0. The van der Waals surface area contributed by atoms with Gasteiger partial charge in [-0.25, -0.2) is 14.0 Å². The van der Waals surface area contributed by atoms with Gasteiger partial charge in [0.1, 0.15) is 29.2 Å². The highest BCUT2D eigenvalue weighted by Gasteiger charge is 2.14. The van der Waals surface area contributed by atoms with Crippen molar-refractivity contribution in [3.63, 3.8) is 0 Å². The van der Waals surface area contributed by atoms with Gasteiger partial charge in [0.15, 0.2) is 0 Å². The molecule has 172 valence electrons. The van der Waals surface area contributed by atoms with Crippen LogP contribution < -0.4 is 14.9 Å². The van der Waals surface area contributed by atoms with E-state index in [0.29, 0.717) is 17.9 Å². The van der Waals surface area contributed by atoms with E-state index in [1.54, 1.807) is 12.1 Å². The Morgan fingerprint density at radius 2 is 1.68 bits per heavy atom. The summed E-state index contributed by atoms with van der Waals surface area (Å²) in [6.45, 7) is 2.24. The van der Waals surface area contributed by atoms with Crippen molar-refractivity contribution in [2.24, 2.45) is 0 Å². The van der Waals surface area contributed by atoms with Crippen LogP contribution in [0.15, 0.2) is 82.2 Å². The smallest absolute Gasteiger partial charge is 0.343 e. The lowest BCUT2D eigenvalue weighted by molar-refractivity contribution is 0.0504. The van der Waals surface area contributed by atoms with Crippen molar-refractivity contribution in [3.05, 3.63) is 100 Å². The summed E-state index contributed by atoms with van der Waals surface area (Å²) in [5.74, 6) is -1.34. The van der Waals surface area contributed by atoms with E-state index in [1.165, 1.54) is 48.5 Å². The van der Waals surface area contributed by atoms with Crippen molar-refractivity contribution in [2.75, 3.05) is 6.61 Å². The van der Waals surface area contributed by atoms with Crippen molar-refractivity contribution in [1.29, 1.82) is 0 Å². The van der Waals surface area contributed by atoms with E-state index in [2.05, 4.69) is 0 Å². The predicted octanol–water partition coefficient (Wildman–Crippen LogP) is 5.51. The van der Waals surface area contributed by atoms with Gasteiger partial charge in [-0.1, -0.05) is 13.0 Å². The van der Waals surface area contributed by atoms with Crippen LogP contribution in [0, 0.1) is 5.82 Å². The molecule has 0 amide bonds. The van der Waals surface area contributed by atoms with Crippen molar-refractivity contribution in [3.8, 4) is 17.2 Å². The summed E-state index contributed by atoms with van der Waals surface area (Å²) in [6, 6.07) is 15.5. The van der Waals surface area contributed by atoms with Crippen molar-refractivity contribution < 1.29 is 32.6 Å². The van der Waals surface area contributed by atoms with E-state index in [-0.39, 0.29) is 28.0 Å².